The number of carbonyl (C=O) groups is 1. The van der Waals surface area contributed by atoms with Gasteiger partial charge in [0.1, 0.15) is 22.8 Å². The largest absolute Gasteiger partial charge is 0.507 e. The molecule has 5 nitrogen and oxygen atoms in total. The van der Waals surface area contributed by atoms with E-state index >= 15 is 0 Å². The molecule has 0 heterocycles. The highest BCUT2D eigenvalue weighted by Crippen LogP contribution is 2.30. The third-order valence-corrected chi connectivity index (χ3v) is 2.95. The van der Waals surface area contributed by atoms with Gasteiger partial charge in [-0.1, -0.05) is 30.4 Å². The predicted octanol–water partition coefficient (Wildman–Crippen LogP) is 2.98. The number of phenols is 2. The van der Waals surface area contributed by atoms with Gasteiger partial charge in [-0.15, -0.1) is 0 Å². The summed E-state index contributed by atoms with van der Waals surface area (Å²) in [5.74, 6) is -1.20. The number of carboxylic acids is 1. The van der Waals surface area contributed by atoms with Crippen LogP contribution in [0.1, 0.15) is 21.5 Å². The van der Waals surface area contributed by atoms with Gasteiger partial charge in [-0.25, -0.2) is 4.79 Å². The fourth-order valence-electron chi connectivity index (χ4n) is 1.91. The van der Waals surface area contributed by atoms with E-state index in [0.717, 1.165) is 0 Å². The summed E-state index contributed by atoms with van der Waals surface area (Å²) in [5.41, 5.74) is 0.598. The summed E-state index contributed by atoms with van der Waals surface area (Å²) in [6, 6.07) is 9.39. The number of phenolic OH excluding ortho intramolecular Hbond substituents is 1. The van der Waals surface area contributed by atoms with Crippen LogP contribution in [-0.2, 0) is 0 Å². The number of aromatic hydroxyl groups is 2. The van der Waals surface area contributed by atoms with Crippen molar-refractivity contribution in [1.82, 2.24) is 0 Å². The maximum absolute atomic E-state index is 11.2. The standard InChI is InChI=1S/C16H14O5/c1-21-12-8-11(15(16(19)20)14(18)9-12)7-6-10-4-2-3-5-13(10)17/h2-9,17-18H,1H3,(H,19,20)/b7-6+. The molecule has 0 saturated heterocycles. The van der Waals surface area contributed by atoms with Crippen LogP contribution in [0.4, 0.5) is 0 Å². The van der Waals surface area contributed by atoms with Crippen LogP contribution in [0, 0.1) is 0 Å². The molecule has 0 aliphatic rings. The average molecular weight is 286 g/mol. The van der Waals surface area contributed by atoms with E-state index in [1.807, 2.05) is 0 Å². The molecule has 0 atom stereocenters. The number of benzene rings is 2. The van der Waals surface area contributed by atoms with E-state index in [1.54, 1.807) is 24.3 Å². The van der Waals surface area contributed by atoms with Gasteiger partial charge in [0.05, 0.1) is 7.11 Å². The van der Waals surface area contributed by atoms with Crippen LogP contribution in [0.2, 0.25) is 0 Å². The van der Waals surface area contributed by atoms with Crippen LogP contribution in [0.5, 0.6) is 17.2 Å². The molecule has 0 spiro atoms. The molecular weight excluding hydrogens is 272 g/mol. The Labute approximate surface area is 121 Å². The zero-order chi connectivity index (χ0) is 15.4. The molecule has 0 amide bonds. The molecule has 0 aliphatic heterocycles. The van der Waals surface area contributed by atoms with Crippen molar-refractivity contribution in [2.45, 2.75) is 0 Å². The molecule has 0 aliphatic carbocycles. The summed E-state index contributed by atoms with van der Waals surface area (Å²) in [6.45, 7) is 0. The Morgan fingerprint density at radius 3 is 2.33 bits per heavy atom. The Bertz CT molecular complexity index is 704. The van der Waals surface area contributed by atoms with Gasteiger partial charge >= 0.3 is 5.97 Å². The van der Waals surface area contributed by atoms with E-state index in [9.17, 15) is 20.1 Å². The fourth-order valence-corrected chi connectivity index (χ4v) is 1.91. The highest BCUT2D eigenvalue weighted by molar-refractivity contribution is 5.96. The first-order valence-corrected chi connectivity index (χ1v) is 6.13. The van der Waals surface area contributed by atoms with E-state index in [4.69, 9.17) is 4.74 Å². The number of hydrogen-bond donors (Lipinski definition) is 3. The first-order valence-electron chi connectivity index (χ1n) is 6.13. The van der Waals surface area contributed by atoms with Crippen LogP contribution in [-0.4, -0.2) is 28.4 Å². The maximum Gasteiger partial charge on any atom is 0.340 e. The molecular formula is C16H14O5. The molecule has 0 fully saturated rings. The topological polar surface area (TPSA) is 87.0 Å². The van der Waals surface area contributed by atoms with Gasteiger partial charge in [0.25, 0.3) is 0 Å². The summed E-state index contributed by atoms with van der Waals surface area (Å²) in [6.07, 6.45) is 3.07. The fraction of sp³-hybridized carbons (Fsp3) is 0.0625. The summed E-state index contributed by atoms with van der Waals surface area (Å²) in [4.78, 5) is 11.2. The van der Waals surface area contributed by atoms with Gasteiger partial charge in [0, 0.05) is 11.6 Å². The molecule has 5 heteroatoms. The summed E-state index contributed by atoms with van der Waals surface area (Å²) < 4.78 is 5.01. The van der Waals surface area contributed by atoms with E-state index < -0.39 is 5.97 Å². The van der Waals surface area contributed by atoms with Crippen molar-refractivity contribution in [3.05, 3.63) is 53.1 Å². The van der Waals surface area contributed by atoms with Crippen LogP contribution in [0.25, 0.3) is 12.2 Å². The van der Waals surface area contributed by atoms with Crippen LogP contribution in [0.15, 0.2) is 36.4 Å². The molecule has 0 radical (unpaired) electrons. The van der Waals surface area contributed by atoms with Crippen molar-refractivity contribution in [2.75, 3.05) is 7.11 Å². The number of rotatable bonds is 4. The molecule has 0 aromatic heterocycles. The lowest BCUT2D eigenvalue weighted by atomic mass is 10.0. The van der Waals surface area contributed by atoms with Crippen molar-refractivity contribution in [3.63, 3.8) is 0 Å². The summed E-state index contributed by atoms with van der Waals surface area (Å²) in [5, 5.41) is 28.6. The lowest BCUT2D eigenvalue weighted by Crippen LogP contribution is -2.01. The number of methoxy groups -OCH3 is 1. The maximum atomic E-state index is 11.2. The van der Waals surface area contributed by atoms with E-state index in [-0.39, 0.29) is 22.6 Å². The minimum atomic E-state index is -1.24. The molecule has 0 unspecified atom stereocenters. The second-order valence-electron chi connectivity index (χ2n) is 4.31. The number of ether oxygens (including phenoxy) is 1. The van der Waals surface area contributed by atoms with Crippen LogP contribution in [0.3, 0.4) is 0 Å². The first kappa shape index (κ1) is 14.5. The van der Waals surface area contributed by atoms with Crippen molar-refractivity contribution in [2.24, 2.45) is 0 Å². The van der Waals surface area contributed by atoms with Crippen LogP contribution >= 0.6 is 0 Å². The Morgan fingerprint density at radius 2 is 1.71 bits per heavy atom. The quantitative estimate of drug-likeness (QED) is 0.752. The molecule has 2 aromatic carbocycles. The lowest BCUT2D eigenvalue weighted by molar-refractivity contribution is 0.0693. The smallest absolute Gasteiger partial charge is 0.340 e. The van der Waals surface area contributed by atoms with E-state index in [0.29, 0.717) is 11.3 Å². The van der Waals surface area contributed by atoms with Crippen molar-refractivity contribution < 1.29 is 24.9 Å². The summed E-state index contributed by atoms with van der Waals surface area (Å²) in [7, 11) is 1.42. The van der Waals surface area contributed by atoms with E-state index in [1.165, 1.54) is 31.4 Å². The number of aromatic carboxylic acids is 1. The number of para-hydroxylation sites is 1. The van der Waals surface area contributed by atoms with Gasteiger partial charge in [0.15, 0.2) is 0 Å². The second kappa shape index (κ2) is 6.00. The molecule has 3 N–H and O–H groups in total. The normalized spacial score (nSPS) is 10.7. The molecule has 0 saturated carbocycles. The number of hydrogen-bond acceptors (Lipinski definition) is 4. The van der Waals surface area contributed by atoms with E-state index in [2.05, 4.69) is 0 Å². The Kier molecular flexibility index (Phi) is 4.13. The third-order valence-electron chi connectivity index (χ3n) is 2.95. The summed E-state index contributed by atoms with van der Waals surface area (Å²) >= 11 is 0. The zero-order valence-electron chi connectivity index (χ0n) is 11.3. The minimum Gasteiger partial charge on any atom is -0.507 e. The highest BCUT2D eigenvalue weighted by atomic mass is 16.5. The van der Waals surface area contributed by atoms with Gasteiger partial charge in [-0.05, 0) is 17.7 Å². The predicted molar refractivity (Wildman–Crippen MR) is 78.7 cm³/mol. The van der Waals surface area contributed by atoms with Gasteiger partial charge in [0.2, 0.25) is 0 Å². The van der Waals surface area contributed by atoms with Gasteiger partial charge in [-0.2, -0.15) is 0 Å². The molecule has 2 aromatic rings. The average Bonchev–Trinajstić information content (AvgIpc) is 2.45. The highest BCUT2D eigenvalue weighted by Gasteiger charge is 2.15. The van der Waals surface area contributed by atoms with Crippen molar-refractivity contribution in [3.8, 4) is 17.2 Å². The Hall–Kier alpha value is -2.95. The van der Waals surface area contributed by atoms with Gasteiger partial charge in [-0.3, -0.25) is 0 Å². The Morgan fingerprint density at radius 1 is 1.05 bits per heavy atom. The second-order valence-corrected chi connectivity index (χ2v) is 4.31. The first-order chi connectivity index (χ1) is 10.0. The molecule has 21 heavy (non-hydrogen) atoms. The monoisotopic (exact) mass is 286 g/mol. The molecule has 108 valence electrons. The minimum absolute atomic E-state index is 0.0812. The SMILES string of the molecule is COc1cc(O)c(C(=O)O)c(/C=C/c2ccccc2O)c1. The zero-order valence-corrected chi connectivity index (χ0v) is 11.3. The number of carboxylic acid groups (broad SMARTS) is 1. The molecule has 2 rings (SSSR count). The molecule has 0 bridgehead atoms. The lowest BCUT2D eigenvalue weighted by Gasteiger charge is -2.08. The van der Waals surface area contributed by atoms with Crippen LogP contribution < -0.4 is 4.74 Å². The Balaban J connectivity index is 2.50. The van der Waals surface area contributed by atoms with Gasteiger partial charge < -0.3 is 20.1 Å². The van der Waals surface area contributed by atoms with Crippen molar-refractivity contribution in [1.29, 1.82) is 0 Å². The van der Waals surface area contributed by atoms with Crippen molar-refractivity contribution >= 4 is 18.1 Å². The third kappa shape index (κ3) is 3.14.